The molecule has 0 aromatic carbocycles. The zero-order chi connectivity index (χ0) is 28.5. The fourth-order valence-corrected chi connectivity index (χ4v) is 3.83. The highest BCUT2D eigenvalue weighted by atomic mass is 35.5. The van der Waals surface area contributed by atoms with Crippen molar-refractivity contribution in [2.45, 2.75) is 18.9 Å². The number of halogens is 8. The van der Waals surface area contributed by atoms with Crippen molar-refractivity contribution in [1.29, 1.82) is 0 Å². The SMILES string of the molecule is Cn1c(Nc2c(Cl)cncc2Cl)nc2cc(C(=O)NCc3ncccc3C(F)(F)F)c(OCC(F)(F)F)nc21. The number of pyridine rings is 3. The van der Waals surface area contributed by atoms with E-state index in [9.17, 15) is 31.1 Å². The third-order valence-corrected chi connectivity index (χ3v) is 5.70. The average Bonchev–Trinajstić information content (AvgIpc) is 3.16. The van der Waals surface area contributed by atoms with Gasteiger partial charge in [-0.1, -0.05) is 23.2 Å². The van der Waals surface area contributed by atoms with E-state index in [0.717, 1.165) is 24.4 Å². The zero-order valence-corrected chi connectivity index (χ0v) is 21.0. The number of carbonyl (C=O) groups is 1. The second-order valence-corrected chi connectivity index (χ2v) is 8.68. The normalized spacial score (nSPS) is 12.0. The molecule has 0 aliphatic rings. The quantitative estimate of drug-likeness (QED) is 0.265. The summed E-state index contributed by atoms with van der Waals surface area (Å²) in [6, 6.07) is 2.95. The van der Waals surface area contributed by atoms with Crippen molar-refractivity contribution in [3.05, 3.63) is 63.7 Å². The first-order valence-corrected chi connectivity index (χ1v) is 11.4. The van der Waals surface area contributed by atoms with Crippen LogP contribution in [0.1, 0.15) is 21.6 Å². The van der Waals surface area contributed by atoms with Crippen molar-refractivity contribution in [3.63, 3.8) is 0 Å². The van der Waals surface area contributed by atoms with Gasteiger partial charge in [0, 0.05) is 25.6 Å². The lowest BCUT2D eigenvalue weighted by Crippen LogP contribution is -2.27. The van der Waals surface area contributed by atoms with E-state index in [-0.39, 0.29) is 32.8 Å². The Kier molecular flexibility index (Phi) is 7.75. The number of ether oxygens (including phenoxy) is 1. The lowest BCUT2D eigenvalue weighted by molar-refractivity contribution is -0.154. The Bertz CT molecular complexity index is 1520. The molecule has 4 aromatic rings. The van der Waals surface area contributed by atoms with Crippen LogP contribution in [0.5, 0.6) is 5.88 Å². The summed E-state index contributed by atoms with van der Waals surface area (Å²) in [5.74, 6) is -1.69. The summed E-state index contributed by atoms with van der Waals surface area (Å²) in [5, 5.41) is 5.36. The van der Waals surface area contributed by atoms with Crippen molar-refractivity contribution in [3.8, 4) is 5.88 Å². The van der Waals surface area contributed by atoms with Crippen molar-refractivity contribution in [1.82, 2.24) is 29.8 Å². The summed E-state index contributed by atoms with van der Waals surface area (Å²) < 4.78 is 84.6. The maximum atomic E-state index is 13.3. The number of imidazole rings is 1. The Morgan fingerprint density at radius 2 is 1.79 bits per heavy atom. The predicted octanol–water partition coefficient (Wildman–Crippen LogP) is 5.70. The highest BCUT2D eigenvalue weighted by Gasteiger charge is 2.34. The van der Waals surface area contributed by atoms with Crippen molar-refractivity contribution in [2.24, 2.45) is 7.05 Å². The first-order chi connectivity index (χ1) is 18.2. The minimum Gasteiger partial charge on any atom is -0.467 e. The molecule has 0 atom stereocenters. The predicted molar refractivity (Wildman–Crippen MR) is 128 cm³/mol. The molecule has 0 aliphatic carbocycles. The molecule has 206 valence electrons. The Morgan fingerprint density at radius 3 is 2.44 bits per heavy atom. The van der Waals surface area contributed by atoms with E-state index in [1.54, 1.807) is 0 Å². The van der Waals surface area contributed by atoms with E-state index in [1.165, 1.54) is 24.0 Å². The van der Waals surface area contributed by atoms with Crippen LogP contribution in [0, 0.1) is 0 Å². The van der Waals surface area contributed by atoms with E-state index < -0.39 is 54.1 Å². The Hall–Kier alpha value is -3.85. The standard InChI is InChI=1S/C22H15Cl2F6N7O2/c1-37-17-14(34-20(37)35-16-12(23)6-31-7-13(16)24)5-10(19(36-17)39-9-21(25,26)27)18(38)33-8-15-11(22(28,29)30)3-2-4-32-15/h2-7H,8-9H2,1H3,(H,33,38)(H,31,34,35). The molecule has 0 fully saturated rings. The van der Waals surface area contributed by atoms with Crippen molar-refractivity contribution < 1.29 is 35.9 Å². The second-order valence-electron chi connectivity index (χ2n) is 7.86. The van der Waals surface area contributed by atoms with Crippen LogP contribution in [0.15, 0.2) is 36.8 Å². The number of aryl methyl sites for hydroxylation is 1. The first kappa shape index (κ1) is 28.2. The van der Waals surface area contributed by atoms with E-state index in [4.69, 9.17) is 27.9 Å². The largest absolute Gasteiger partial charge is 0.467 e. The Balaban J connectivity index is 1.70. The van der Waals surface area contributed by atoms with E-state index in [1.807, 2.05) is 0 Å². The van der Waals surface area contributed by atoms with Crippen LogP contribution in [0.25, 0.3) is 11.2 Å². The number of amides is 1. The van der Waals surface area contributed by atoms with Crippen LogP contribution >= 0.6 is 23.2 Å². The minimum absolute atomic E-state index is 0.0107. The van der Waals surface area contributed by atoms with Gasteiger partial charge in [0.2, 0.25) is 11.8 Å². The van der Waals surface area contributed by atoms with Gasteiger partial charge in [-0.3, -0.25) is 19.3 Å². The summed E-state index contributed by atoms with van der Waals surface area (Å²) in [6.07, 6.45) is -5.78. The average molecular weight is 594 g/mol. The third-order valence-electron chi connectivity index (χ3n) is 5.13. The van der Waals surface area contributed by atoms with Gasteiger partial charge in [0.05, 0.1) is 33.5 Å². The lowest BCUT2D eigenvalue weighted by atomic mass is 10.1. The Labute approximate surface area is 225 Å². The third kappa shape index (κ3) is 6.42. The molecule has 4 heterocycles. The molecular weight excluding hydrogens is 579 g/mol. The molecule has 4 aromatic heterocycles. The van der Waals surface area contributed by atoms with Gasteiger partial charge < -0.3 is 15.4 Å². The smallest absolute Gasteiger partial charge is 0.422 e. The number of anilines is 2. The molecule has 39 heavy (non-hydrogen) atoms. The molecule has 9 nitrogen and oxygen atoms in total. The van der Waals surface area contributed by atoms with Gasteiger partial charge in [-0.2, -0.15) is 31.3 Å². The van der Waals surface area contributed by atoms with Crippen LogP contribution in [-0.2, 0) is 19.8 Å². The van der Waals surface area contributed by atoms with Crippen LogP contribution < -0.4 is 15.4 Å². The fraction of sp³-hybridized carbons (Fsp3) is 0.227. The molecule has 0 saturated carbocycles. The number of carbonyl (C=O) groups excluding carboxylic acids is 1. The van der Waals surface area contributed by atoms with Crippen LogP contribution in [-0.4, -0.2) is 43.2 Å². The van der Waals surface area contributed by atoms with Gasteiger partial charge in [-0.15, -0.1) is 0 Å². The van der Waals surface area contributed by atoms with Crippen LogP contribution in [0.4, 0.5) is 38.0 Å². The van der Waals surface area contributed by atoms with Crippen LogP contribution in [0.2, 0.25) is 10.0 Å². The van der Waals surface area contributed by atoms with Gasteiger partial charge in [0.1, 0.15) is 11.1 Å². The lowest BCUT2D eigenvalue weighted by Gasteiger charge is -2.14. The fourth-order valence-electron chi connectivity index (χ4n) is 3.37. The maximum absolute atomic E-state index is 13.3. The summed E-state index contributed by atoms with van der Waals surface area (Å²) >= 11 is 12.2. The molecule has 0 saturated heterocycles. The van der Waals surface area contributed by atoms with Crippen molar-refractivity contribution in [2.75, 3.05) is 11.9 Å². The van der Waals surface area contributed by atoms with Gasteiger partial charge in [-0.25, -0.2) is 4.98 Å². The number of hydrogen-bond acceptors (Lipinski definition) is 7. The molecule has 0 spiro atoms. The molecule has 2 N–H and O–H groups in total. The van der Waals surface area contributed by atoms with Gasteiger partial charge in [-0.05, 0) is 18.2 Å². The molecule has 0 unspecified atom stereocenters. The second kappa shape index (κ2) is 10.7. The summed E-state index contributed by atoms with van der Waals surface area (Å²) in [5.41, 5.74) is -1.80. The highest BCUT2D eigenvalue weighted by molar-refractivity contribution is 6.39. The molecule has 4 rings (SSSR count). The van der Waals surface area contributed by atoms with Gasteiger partial charge >= 0.3 is 12.4 Å². The van der Waals surface area contributed by atoms with E-state index in [0.29, 0.717) is 0 Å². The monoisotopic (exact) mass is 593 g/mol. The number of hydrogen-bond donors (Lipinski definition) is 2. The van der Waals surface area contributed by atoms with Gasteiger partial charge in [0.25, 0.3) is 5.91 Å². The topological polar surface area (TPSA) is 107 Å². The number of aromatic nitrogens is 5. The number of fused-ring (bicyclic) bond motifs is 1. The first-order valence-electron chi connectivity index (χ1n) is 10.7. The molecule has 0 aliphatic heterocycles. The van der Waals surface area contributed by atoms with E-state index in [2.05, 4.69) is 30.6 Å². The zero-order valence-electron chi connectivity index (χ0n) is 19.5. The van der Waals surface area contributed by atoms with Crippen molar-refractivity contribution >= 4 is 51.9 Å². The maximum Gasteiger partial charge on any atom is 0.422 e. The Morgan fingerprint density at radius 1 is 1.10 bits per heavy atom. The molecular formula is C22H15Cl2F6N7O2. The molecule has 17 heteroatoms. The minimum atomic E-state index is -4.77. The number of nitrogens with one attached hydrogen (secondary N) is 2. The highest BCUT2D eigenvalue weighted by Crippen LogP contribution is 2.34. The summed E-state index contributed by atoms with van der Waals surface area (Å²) in [6.45, 7) is -2.46. The number of rotatable bonds is 7. The number of nitrogens with zero attached hydrogens (tertiary/aromatic N) is 5. The van der Waals surface area contributed by atoms with E-state index >= 15 is 0 Å². The molecule has 1 amide bonds. The summed E-state index contributed by atoms with van der Waals surface area (Å²) in [4.78, 5) is 28.7. The molecule has 0 bridgehead atoms. The molecule has 0 radical (unpaired) electrons. The van der Waals surface area contributed by atoms with Gasteiger partial charge in [0.15, 0.2) is 12.3 Å². The van der Waals surface area contributed by atoms with Crippen LogP contribution in [0.3, 0.4) is 0 Å². The number of alkyl halides is 6. The summed E-state index contributed by atoms with van der Waals surface area (Å²) in [7, 11) is 1.47.